The molecular weight excluding hydrogens is 242 g/mol. The van der Waals surface area contributed by atoms with Crippen LogP contribution in [0.4, 0.5) is 0 Å². The summed E-state index contributed by atoms with van der Waals surface area (Å²) >= 11 is 0. The van der Waals surface area contributed by atoms with Gasteiger partial charge in [0.2, 0.25) is 5.91 Å². The van der Waals surface area contributed by atoms with Crippen molar-refractivity contribution in [1.82, 2.24) is 24.7 Å². The van der Waals surface area contributed by atoms with Crippen LogP contribution in [0.25, 0.3) is 0 Å². The van der Waals surface area contributed by atoms with Crippen LogP contribution in [0.3, 0.4) is 0 Å². The average Bonchev–Trinajstić information content (AvgIpc) is 2.91. The Balaban J connectivity index is 2.06. The molecule has 1 aliphatic heterocycles. The summed E-state index contributed by atoms with van der Waals surface area (Å²) in [5.41, 5.74) is 0. The fraction of sp³-hybridized carbons (Fsp3) is 0.692. The van der Waals surface area contributed by atoms with E-state index in [9.17, 15) is 4.79 Å². The zero-order valence-electron chi connectivity index (χ0n) is 12.0. The summed E-state index contributed by atoms with van der Waals surface area (Å²) in [5.74, 6) is 1.14. The number of imidazole rings is 1. The molecule has 1 aromatic heterocycles. The smallest absolute Gasteiger partial charge is 0.236 e. The van der Waals surface area contributed by atoms with Gasteiger partial charge in [-0.3, -0.25) is 9.69 Å². The molecule has 1 N–H and O–H groups in total. The van der Waals surface area contributed by atoms with Crippen LogP contribution in [0.15, 0.2) is 12.4 Å². The Morgan fingerprint density at radius 3 is 2.89 bits per heavy atom. The summed E-state index contributed by atoms with van der Waals surface area (Å²) in [4.78, 5) is 25.9. The van der Waals surface area contributed by atoms with Crippen LogP contribution >= 0.6 is 0 Å². The van der Waals surface area contributed by atoms with Crippen molar-refractivity contribution in [2.24, 2.45) is 0 Å². The normalized spacial score (nSPS) is 21.1. The molecule has 0 spiro atoms. The summed E-state index contributed by atoms with van der Waals surface area (Å²) in [6.45, 7) is 6.01. The number of likely N-dealkylation sites (N-methyl/N-ethyl adjacent to an activating group) is 2. The Kier molecular flexibility index (Phi) is 4.55. The van der Waals surface area contributed by atoms with Gasteiger partial charge in [-0.1, -0.05) is 6.92 Å². The van der Waals surface area contributed by atoms with Crippen molar-refractivity contribution in [2.45, 2.75) is 13.0 Å². The van der Waals surface area contributed by atoms with E-state index in [-0.39, 0.29) is 11.9 Å². The molecule has 1 amide bonds. The number of aromatic amines is 1. The minimum absolute atomic E-state index is 0.180. The van der Waals surface area contributed by atoms with Crippen molar-refractivity contribution in [1.29, 1.82) is 0 Å². The van der Waals surface area contributed by atoms with Crippen LogP contribution in [0.1, 0.15) is 18.8 Å². The van der Waals surface area contributed by atoms with Crippen molar-refractivity contribution in [3.8, 4) is 0 Å². The van der Waals surface area contributed by atoms with Crippen LogP contribution < -0.4 is 0 Å². The molecule has 0 saturated carbocycles. The van der Waals surface area contributed by atoms with E-state index in [1.165, 1.54) is 0 Å². The minimum atomic E-state index is 0.180. The molecule has 6 heteroatoms. The van der Waals surface area contributed by atoms with E-state index in [1.807, 2.05) is 30.1 Å². The molecule has 2 rings (SSSR count). The first kappa shape index (κ1) is 14.0. The standard InChI is InChI=1S/C13H23N5O/c1-4-17-7-8-18(12(19)10-16(2)3)9-11(17)13-14-5-6-15-13/h5-6,11H,4,7-10H2,1-3H3,(H,14,15). The van der Waals surface area contributed by atoms with Crippen LogP contribution in [-0.4, -0.2) is 77.4 Å². The van der Waals surface area contributed by atoms with E-state index in [1.54, 1.807) is 6.20 Å². The molecule has 0 aromatic carbocycles. The molecule has 1 aromatic rings. The summed E-state index contributed by atoms with van der Waals surface area (Å²) in [5, 5.41) is 0. The highest BCUT2D eigenvalue weighted by Crippen LogP contribution is 2.22. The second-order valence-electron chi connectivity index (χ2n) is 5.20. The summed E-state index contributed by atoms with van der Waals surface area (Å²) in [6, 6.07) is 0.180. The number of carbonyl (C=O) groups is 1. The van der Waals surface area contributed by atoms with Crippen molar-refractivity contribution in [3.05, 3.63) is 18.2 Å². The molecule has 2 heterocycles. The van der Waals surface area contributed by atoms with E-state index in [0.717, 1.165) is 25.5 Å². The van der Waals surface area contributed by atoms with Gasteiger partial charge < -0.3 is 14.8 Å². The maximum absolute atomic E-state index is 12.2. The summed E-state index contributed by atoms with van der Waals surface area (Å²) in [6.07, 6.45) is 3.60. The number of carbonyl (C=O) groups excluding carboxylic acids is 1. The maximum atomic E-state index is 12.2. The third-order valence-corrected chi connectivity index (χ3v) is 3.54. The Morgan fingerprint density at radius 2 is 2.32 bits per heavy atom. The van der Waals surface area contributed by atoms with Gasteiger partial charge >= 0.3 is 0 Å². The monoisotopic (exact) mass is 265 g/mol. The topological polar surface area (TPSA) is 55.5 Å². The molecule has 1 aliphatic rings. The van der Waals surface area contributed by atoms with Crippen LogP contribution in [0.5, 0.6) is 0 Å². The number of H-pyrrole nitrogens is 1. The number of aromatic nitrogens is 2. The van der Waals surface area contributed by atoms with Crippen LogP contribution in [-0.2, 0) is 4.79 Å². The quantitative estimate of drug-likeness (QED) is 0.843. The number of piperazine rings is 1. The fourth-order valence-electron chi connectivity index (χ4n) is 2.52. The largest absolute Gasteiger partial charge is 0.347 e. The maximum Gasteiger partial charge on any atom is 0.236 e. The first-order valence-corrected chi connectivity index (χ1v) is 6.77. The minimum Gasteiger partial charge on any atom is -0.347 e. The van der Waals surface area contributed by atoms with Gasteiger partial charge in [0.1, 0.15) is 5.82 Å². The van der Waals surface area contributed by atoms with E-state index in [0.29, 0.717) is 13.1 Å². The van der Waals surface area contributed by atoms with Crippen molar-refractivity contribution < 1.29 is 4.79 Å². The average molecular weight is 265 g/mol. The molecule has 0 radical (unpaired) electrons. The lowest BCUT2D eigenvalue weighted by atomic mass is 10.1. The van der Waals surface area contributed by atoms with Gasteiger partial charge in [-0.05, 0) is 20.6 Å². The van der Waals surface area contributed by atoms with Crippen molar-refractivity contribution in [2.75, 3.05) is 46.8 Å². The van der Waals surface area contributed by atoms with Crippen LogP contribution in [0.2, 0.25) is 0 Å². The lowest BCUT2D eigenvalue weighted by Gasteiger charge is -2.40. The molecular formula is C13H23N5O. The first-order chi connectivity index (χ1) is 9.11. The summed E-state index contributed by atoms with van der Waals surface area (Å²) < 4.78 is 0. The molecule has 1 saturated heterocycles. The zero-order valence-corrected chi connectivity index (χ0v) is 12.0. The Bertz CT molecular complexity index is 403. The van der Waals surface area contributed by atoms with E-state index < -0.39 is 0 Å². The molecule has 1 atom stereocenters. The van der Waals surface area contributed by atoms with Gasteiger partial charge in [0, 0.05) is 32.0 Å². The van der Waals surface area contributed by atoms with Gasteiger partial charge in [-0.2, -0.15) is 0 Å². The molecule has 0 aliphatic carbocycles. The molecule has 1 fully saturated rings. The second-order valence-corrected chi connectivity index (χ2v) is 5.20. The third kappa shape index (κ3) is 3.33. The number of hydrogen-bond acceptors (Lipinski definition) is 4. The highest BCUT2D eigenvalue weighted by molar-refractivity contribution is 5.78. The van der Waals surface area contributed by atoms with Crippen molar-refractivity contribution >= 4 is 5.91 Å². The number of nitrogens with one attached hydrogen (secondary N) is 1. The van der Waals surface area contributed by atoms with E-state index >= 15 is 0 Å². The molecule has 19 heavy (non-hydrogen) atoms. The van der Waals surface area contributed by atoms with Gasteiger partial charge in [-0.15, -0.1) is 0 Å². The lowest BCUT2D eigenvalue weighted by Crippen LogP contribution is -2.52. The van der Waals surface area contributed by atoms with E-state index in [2.05, 4.69) is 21.8 Å². The Labute approximate surface area is 114 Å². The second kappa shape index (κ2) is 6.16. The van der Waals surface area contributed by atoms with Crippen molar-refractivity contribution in [3.63, 3.8) is 0 Å². The zero-order chi connectivity index (χ0) is 13.8. The van der Waals surface area contributed by atoms with E-state index in [4.69, 9.17) is 0 Å². The van der Waals surface area contributed by atoms with Gasteiger partial charge in [0.25, 0.3) is 0 Å². The first-order valence-electron chi connectivity index (χ1n) is 6.77. The lowest BCUT2D eigenvalue weighted by molar-refractivity contribution is -0.135. The van der Waals surface area contributed by atoms with Crippen LogP contribution in [0, 0.1) is 0 Å². The number of amides is 1. The van der Waals surface area contributed by atoms with Gasteiger partial charge in [0.05, 0.1) is 12.6 Å². The molecule has 0 bridgehead atoms. The molecule has 1 unspecified atom stereocenters. The molecule has 106 valence electrons. The molecule has 6 nitrogen and oxygen atoms in total. The highest BCUT2D eigenvalue weighted by Gasteiger charge is 2.31. The predicted octanol–water partition coefficient (Wildman–Crippen LogP) is 0.177. The number of nitrogens with zero attached hydrogens (tertiary/aromatic N) is 4. The SMILES string of the molecule is CCN1CCN(C(=O)CN(C)C)CC1c1ncc[nH]1. The predicted molar refractivity (Wildman–Crippen MR) is 73.7 cm³/mol. The Morgan fingerprint density at radius 1 is 1.53 bits per heavy atom. The highest BCUT2D eigenvalue weighted by atomic mass is 16.2. The number of hydrogen-bond donors (Lipinski definition) is 1. The van der Waals surface area contributed by atoms with Gasteiger partial charge in [-0.25, -0.2) is 4.98 Å². The Hall–Kier alpha value is -1.40. The summed E-state index contributed by atoms with van der Waals surface area (Å²) in [7, 11) is 3.84. The fourth-order valence-corrected chi connectivity index (χ4v) is 2.52. The third-order valence-electron chi connectivity index (χ3n) is 3.54. The van der Waals surface area contributed by atoms with Gasteiger partial charge in [0.15, 0.2) is 0 Å². The number of rotatable bonds is 4.